The number of piperidine rings is 1. The average Bonchev–Trinajstić information content (AvgIpc) is 3.51. The van der Waals surface area contributed by atoms with Crippen LogP contribution in [-0.4, -0.2) is 116 Å². The number of carbonyl (C=O) groups excluding carboxylic acids is 3. The molecule has 220 valence electrons. The number of rotatable bonds is 6. The first-order chi connectivity index (χ1) is 19.7. The molecule has 5 atom stereocenters. The van der Waals surface area contributed by atoms with Gasteiger partial charge in [0.25, 0.3) is 5.91 Å². The standard InChI is InChI=1S/C26H34N8O7/c1-3-28-23(37)20-18(35)19(36)25(41-20)34-13-29-17-21(27)30-16(31-22(17)34)6-4-5-14-7-9-33(10-8-14)26(39)40-12-15-11-32(2)24(15)38/h13-15,18-20,25,35-36H,3,5,7-12H2,1-2H3,(H,28,37)(H2,27,30,31). The molecule has 3 fully saturated rings. The number of fused-ring (bicyclic) bond motifs is 1. The van der Waals surface area contributed by atoms with E-state index in [1.165, 1.54) is 10.9 Å². The summed E-state index contributed by atoms with van der Waals surface area (Å²) in [5.41, 5.74) is 6.61. The molecule has 0 spiro atoms. The van der Waals surface area contributed by atoms with Crippen LogP contribution in [0.15, 0.2) is 6.33 Å². The summed E-state index contributed by atoms with van der Waals surface area (Å²) >= 11 is 0. The second-order valence-corrected chi connectivity index (χ2v) is 10.5. The molecule has 5 rings (SSSR count). The molecule has 0 aromatic carbocycles. The van der Waals surface area contributed by atoms with Crippen molar-refractivity contribution in [1.29, 1.82) is 0 Å². The number of aliphatic hydroxyl groups excluding tert-OH is 2. The van der Waals surface area contributed by atoms with Crippen molar-refractivity contribution in [2.75, 3.05) is 45.6 Å². The van der Waals surface area contributed by atoms with Gasteiger partial charge in [-0.15, -0.1) is 0 Å². The average molecular weight is 571 g/mol. The Morgan fingerprint density at radius 2 is 2.00 bits per heavy atom. The first kappa shape index (κ1) is 28.5. The van der Waals surface area contributed by atoms with Gasteiger partial charge in [-0.1, -0.05) is 5.92 Å². The predicted molar refractivity (Wildman–Crippen MR) is 143 cm³/mol. The molecule has 2 aromatic heterocycles. The number of anilines is 1. The molecule has 0 aliphatic carbocycles. The number of likely N-dealkylation sites (tertiary alicyclic amines) is 2. The Morgan fingerprint density at radius 3 is 2.68 bits per heavy atom. The number of ether oxygens (including phenoxy) is 2. The first-order valence-electron chi connectivity index (χ1n) is 13.6. The molecule has 3 aliphatic rings. The van der Waals surface area contributed by atoms with Crippen molar-refractivity contribution in [2.45, 2.75) is 50.7 Å². The summed E-state index contributed by atoms with van der Waals surface area (Å²) in [7, 11) is 1.72. The van der Waals surface area contributed by atoms with E-state index >= 15 is 0 Å². The molecular formula is C26H34N8O7. The van der Waals surface area contributed by atoms with Crippen molar-refractivity contribution in [3.8, 4) is 11.8 Å². The molecule has 2 aromatic rings. The number of hydrogen-bond donors (Lipinski definition) is 4. The molecule has 15 nitrogen and oxygen atoms in total. The van der Waals surface area contributed by atoms with Crippen LogP contribution < -0.4 is 11.1 Å². The van der Waals surface area contributed by atoms with Gasteiger partial charge >= 0.3 is 6.09 Å². The van der Waals surface area contributed by atoms with E-state index in [1.54, 1.807) is 23.8 Å². The highest BCUT2D eigenvalue weighted by Gasteiger charge is 2.47. The third-order valence-corrected chi connectivity index (χ3v) is 7.66. The Kier molecular flexibility index (Phi) is 8.25. The number of nitrogens with one attached hydrogen (secondary N) is 1. The van der Waals surface area contributed by atoms with E-state index in [1.807, 2.05) is 0 Å². The van der Waals surface area contributed by atoms with Gasteiger partial charge < -0.3 is 40.5 Å². The summed E-state index contributed by atoms with van der Waals surface area (Å²) in [6.45, 7) is 3.89. The Labute approximate surface area is 236 Å². The lowest BCUT2D eigenvalue weighted by Crippen LogP contribution is -2.52. The fraction of sp³-hybridized carbons (Fsp3) is 0.615. The van der Waals surface area contributed by atoms with E-state index in [0.29, 0.717) is 32.6 Å². The van der Waals surface area contributed by atoms with Gasteiger partial charge in [-0.3, -0.25) is 14.2 Å². The zero-order chi connectivity index (χ0) is 29.3. The summed E-state index contributed by atoms with van der Waals surface area (Å²) in [5.74, 6) is 5.77. The van der Waals surface area contributed by atoms with Crippen LogP contribution in [0.2, 0.25) is 0 Å². The summed E-state index contributed by atoms with van der Waals surface area (Å²) < 4.78 is 12.4. The maximum atomic E-state index is 12.4. The molecule has 41 heavy (non-hydrogen) atoms. The zero-order valence-electron chi connectivity index (χ0n) is 22.9. The third kappa shape index (κ3) is 5.76. The fourth-order valence-electron chi connectivity index (χ4n) is 5.24. The van der Waals surface area contributed by atoms with Crippen LogP contribution in [-0.2, 0) is 19.1 Å². The fourth-order valence-corrected chi connectivity index (χ4v) is 5.24. The molecule has 15 heteroatoms. The van der Waals surface area contributed by atoms with E-state index in [2.05, 4.69) is 32.1 Å². The van der Waals surface area contributed by atoms with Gasteiger partial charge in [0, 0.05) is 39.6 Å². The van der Waals surface area contributed by atoms with E-state index in [9.17, 15) is 24.6 Å². The number of amides is 3. The summed E-state index contributed by atoms with van der Waals surface area (Å²) in [6, 6.07) is 0. The number of carbonyl (C=O) groups is 3. The number of nitrogens with two attached hydrogens (primary N) is 1. The molecule has 3 aliphatic heterocycles. The van der Waals surface area contributed by atoms with Crippen LogP contribution in [0.1, 0.15) is 38.2 Å². The largest absolute Gasteiger partial charge is 0.448 e. The van der Waals surface area contributed by atoms with Crippen LogP contribution >= 0.6 is 0 Å². The minimum Gasteiger partial charge on any atom is -0.448 e. The number of aliphatic hydroxyl groups is 2. The van der Waals surface area contributed by atoms with Crippen molar-refractivity contribution < 1.29 is 34.1 Å². The monoisotopic (exact) mass is 570 g/mol. The molecule has 5 unspecified atom stereocenters. The lowest BCUT2D eigenvalue weighted by atomic mass is 9.94. The quantitative estimate of drug-likeness (QED) is 0.241. The lowest BCUT2D eigenvalue weighted by molar-refractivity contribution is -0.147. The zero-order valence-corrected chi connectivity index (χ0v) is 22.9. The molecule has 0 radical (unpaired) electrons. The first-order valence-corrected chi connectivity index (χ1v) is 13.6. The molecular weight excluding hydrogens is 536 g/mol. The number of nitrogen functional groups attached to an aromatic ring is 1. The molecule has 5 heterocycles. The van der Waals surface area contributed by atoms with E-state index in [0.717, 1.165) is 12.8 Å². The number of hydrogen-bond acceptors (Lipinski definition) is 11. The summed E-state index contributed by atoms with van der Waals surface area (Å²) in [5, 5.41) is 23.5. The van der Waals surface area contributed by atoms with Crippen LogP contribution in [0.5, 0.6) is 0 Å². The van der Waals surface area contributed by atoms with Crippen molar-refractivity contribution in [3.05, 3.63) is 12.2 Å². The molecule has 3 amide bonds. The van der Waals surface area contributed by atoms with Gasteiger partial charge in [0.1, 0.15) is 24.3 Å². The van der Waals surface area contributed by atoms with Gasteiger partial charge in [0.2, 0.25) is 11.7 Å². The second-order valence-electron chi connectivity index (χ2n) is 10.5. The SMILES string of the molecule is CCNC(=O)C1OC(n2cnc3c(N)nc(C#CCC4CCN(C(=O)OCC5CN(C)C5=O)CC4)nc32)C(O)C1O. The smallest absolute Gasteiger partial charge is 0.409 e. The lowest BCUT2D eigenvalue weighted by Gasteiger charge is -2.36. The van der Waals surface area contributed by atoms with Crippen molar-refractivity contribution in [3.63, 3.8) is 0 Å². The minimum atomic E-state index is -1.44. The van der Waals surface area contributed by atoms with E-state index in [4.69, 9.17) is 15.2 Å². The molecule has 5 N–H and O–H groups in total. The van der Waals surface area contributed by atoms with Crippen LogP contribution in [0.4, 0.5) is 10.6 Å². The number of aromatic nitrogens is 4. The van der Waals surface area contributed by atoms with Crippen molar-refractivity contribution in [2.24, 2.45) is 11.8 Å². The number of imidazole rings is 1. The highest BCUT2D eigenvalue weighted by Crippen LogP contribution is 2.32. The van der Waals surface area contributed by atoms with Gasteiger partial charge in [-0.2, -0.15) is 0 Å². The number of likely N-dealkylation sites (N-methyl/N-ethyl adjacent to an activating group) is 1. The van der Waals surface area contributed by atoms with Gasteiger partial charge in [0.15, 0.2) is 23.8 Å². The van der Waals surface area contributed by atoms with E-state index in [-0.39, 0.29) is 47.2 Å². The Hall–Kier alpha value is -4.00. The number of β-lactam (4-membered cyclic amide) rings is 1. The Morgan fingerprint density at radius 1 is 1.24 bits per heavy atom. The van der Waals surface area contributed by atoms with Crippen molar-refractivity contribution >= 4 is 34.9 Å². The van der Waals surface area contributed by atoms with Crippen molar-refractivity contribution in [1.82, 2.24) is 34.6 Å². The van der Waals surface area contributed by atoms with Crippen LogP contribution in [0.3, 0.4) is 0 Å². The van der Waals surface area contributed by atoms with E-state index < -0.39 is 36.5 Å². The Bertz CT molecular complexity index is 1380. The third-order valence-electron chi connectivity index (χ3n) is 7.66. The maximum absolute atomic E-state index is 12.4. The van der Waals surface area contributed by atoms with Crippen LogP contribution in [0, 0.1) is 23.7 Å². The van der Waals surface area contributed by atoms with Gasteiger partial charge in [0.05, 0.1) is 12.2 Å². The summed E-state index contributed by atoms with van der Waals surface area (Å²) in [6.07, 6.45) is -2.18. The maximum Gasteiger partial charge on any atom is 0.409 e. The topological polar surface area (TPSA) is 198 Å². The van der Waals surface area contributed by atoms with Crippen LogP contribution in [0.25, 0.3) is 11.2 Å². The normalized spacial score (nSPS) is 26.4. The summed E-state index contributed by atoms with van der Waals surface area (Å²) in [4.78, 5) is 52.4. The number of nitrogens with zero attached hydrogens (tertiary/aromatic N) is 6. The van der Waals surface area contributed by atoms with Gasteiger partial charge in [-0.25, -0.2) is 19.7 Å². The Balaban J connectivity index is 1.18. The highest BCUT2D eigenvalue weighted by atomic mass is 16.6. The predicted octanol–water partition coefficient (Wildman–Crippen LogP) is -1.16. The highest BCUT2D eigenvalue weighted by molar-refractivity contribution is 5.85. The van der Waals surface area contributed by atoms with Gasteiger partial charge in [-0.05, 0) is 31.6 Å². The molecule has 3 saturated heterocycles. The molecule has 0 saturated carbocycles. The minimum absolute atomic E-state index is 0.00206. The second kappa shape index (κ2) is 11.9. The molecule has 0 bridgehead atoms.